The molecule has 0 aliphatic carbocycles. The normalized spacial score (nSPS) is 16.7. The lowest BCUT2D eigenvalue weighted by Crippen LogP contribution is -2.21. The van der Waals surface area contributed by atoms with E-state index in [-0.39, 0.29) is 5.41 Å². The fraction of sp³-hybridized carbons (Fsp3) is 0.538. The molecule has 2 rings (SSSR count). The van der Waals surface area contributed by atoms with Gasteiger partial charge in [-0.15, -0.1) is 0 Å². The molecule has 0 spiro atoms. The third-order valence-corrected chi connectivity index (χ3v) is 4.60. The summed E-state index contributed by atoms with van der Waals surface area (Å²) in [6, 6.07) is 5.87. The van der Waals surface area contributed by atoms with E-state index < -0.39 is 10.2 Å². The molecule has 0 atom stereocenters. The highest BCUT2D eigenvalue weighted by Gasteiger charge is 2.32. The maximum Gasteiger partial charge on any atom is 0.301 e. The van der Waals surface area contributed by atoms with Gasteiger partial charge in [0, 0.05) is 13.1 Å². The maximum atomic E-state index is 11.8. The molecule has 0 bridgehead atoms. The molecule has 1 aromatic carbocycles. The van der Waals surface area contributed by atoms with Gasteiger partial charge in [-0.3, -0.25) is 4.72 Å². The standard InChI is InChI=1S/C13H20N2O2S/c1-10-9-11(13(2,3)4)5-6-12(10)14-18(16,17)15-7-8-15/h5-6,9,14H,7-8H2,1-4H3. The second-order valence-electron chi connectivity index (χ2n) is 5.79. The Morgan fingerprint density at radius 2 is 1.83 bits per heavy atom. The van der Waals surface area contributed by atoms with Crippen LogP contribution in [0.15, 0.2) is 18.2 Å². The zero-order valence-corrected chi connectivity index (χ0v) is 12.1. The van der Waals surface area contributed by atoms with Gasteiger partial charge in [0.25, 0.3) is 0 Å². The van der Waals surface area contributed by atoms with Gasteiger partial charge in [-0.1, -0.05) is 32.9 Å². The van der Waals surface area contributed by atoms with Crippen LogP contribution in [0.1, 0.15) is 31.9 Å². The number of hydrogen-bond donors (Lipinski definition) is 1. The molecule has 5 heteroatoms. The van der Waals surface area contributed by atoms with E-state index in [1.807, 2.05) is 25.1 Å². The summed E-state index contributed by atoms with van der Waals surface area (Å²) in [5, 5.41) is 0. The zero-order chi connectivity index (χ0) is 13.6. The molecule has 1 N–H and O–H groups in total. The summed E-state index contributed by atoms with van der Waals surface area (Å²) in [6.45, 7) is 9.59. The Kier molecular flexibility index (Phi) is 3.15. The van der Waals surface area contributed by atoms with E-state index in [0.717, 1.165) is 5.56 Å². The summed E-state index contributed by atoms with van der Waals surface area (Å²) >= 11 is 0. The quantitative estimate of drug-likeness (QED) is 0.855. The number of aryl methyl sites for hydroxylation is 1. The summed E-state index contributed by atoms with van der Waals surface area (Å²) in [4.78, 5) is 0. The Morgan fingerprint density at radius 1 is 1.22 bits per heavy atom. The predicted octanol–water partition coefficient (Wildman–Crippen LogP) is 2.26. The van der Waals surface area contributed by atoms with Gasteiger partial charge in [-0.2, -0.15) is 12.7 Å². The van der Waals surface area contributed by atoms with Crippen molar-refractivity contribution in [2.24, 2.45) is 0 Å². The largest absolute Gasteiger partial charge is 0.301 e. The number of nitrogens with one attached hydrogen (secondary N) is 1. The minimum atomic E-state index is -3.33. The van der Waals surface area contributed by atoms with Crippen LogP contribution in [-0.4, -0.2) is 25.8 Å². The van der Waals surface area contributed by atoms with E-state index >= 15 is 0 Å². The van der Waals surface area contributed by atoms with Crippen LogP contribution in [0.5, 0.6) is 0 Å². The molecule has 18 heavy (non-hydrogen) atoms. The minimum absolute atomic E-state index is 0.0716. The number of anilines is 1. The molecular formula is C13H20N2O2S. The molecule has 0 unspecified atom stereocenters. The zero-order valence-electron chi connectivity index (χ0n) is 11.3. The van der Waals surface area contributed by atoms with E-state index in [4.69, 9.17) is 0 Å². The molecule has 4 nitrogen and oxygen atoms in total. The van der Waals surface area contributed by atoms with Crippen LogP contribution in [0.4, 0.5) is 5.69 Å². The van der Waals surface area contributed by atoms with Gasteiger partial charge in [0.15, 0.2) is 0 Å². The molecule has 1 aliphatic heterocycles. The summed E-state index contributed by atoms with van der Waals surface area (Å²) in [7, 11) is -3.33. The average molecular weight is 268 g/mol. The predicted molar refractivity (Wildman–Crippen MR) is 74.0 cm³/mol. The monoisotopic (exact) mass is 268 g/mol. The SMILES string of the molecule is Cc1cc(C(C)(C)C)ccc1NS(=O)(=O)N1CC1. The van der Waals surface area contributed by atoms with E-state index in [2.05, 4.69) is 25.5 Å². The van der Waals surface area contributed by atoms with Crippen molar-refractivity contribution < 1.29 is 8.42 Å². The van der Waals surface area contributed by atoms with Gasteiger partial charge < -0.3 is 0 Å². The first-order valence-corrected chi connectivity index (χ1v) is 7.53. The van der Waals surface area contributed by atoms with E-state index in [1.165, 1.54) is 9.87 Å². The third-order valence-electron chi connectivity index (χ3n) is 3.08. The van der Waals surface area contributed by atoms with Crippen molar-refractivity contribution in [3.8, 4) is 0 Å². The first-order valence-electron chi connectivity index (χ1n) is 6.09. The topological polar surface area (TPSA) is 49.2 Å². The Morgan fingerprint density at radius 3 is 2.28 bits per heavy atom. The number of nitrogens with zero attached hydrogens (tertiary/aromatic N) is 1. The summed E-state index contributed by atoms with van der Waals surface area (Å²) in [5.74, 6) is 0. The highest BCUT2D eigenvalue weighted by atomic mass is 32.2. The second kappa shape index (κ2) is 4.24. The summed E-state index contributed by atoms with van der Waals surface area (Å²) < 4.78 is 27.7. The fourth-order valence-corrected chi connectivity index (χ4v) is 2.93. The molecule has 1 aromatic rings. The van der Waals surface area contributed by atoms with E-state index in [0.29, 0.717) is 18.8 Å². The minimum Gasteiger partial charge on any atom is -0.271 e. The van der Waals surface area contributed by atoms with Crippen molar-refractivity contribution in [1.29, 1.82) is 0 Å². The highest BCUT2D eigenvalue weighted by Crippen LogP contribution is 2.27. The Hall–Kier alpha value is -1.07. The molecule has 0 aromatic heterocycles. The Bertz CT molecular complexity index is 555. The highest BCUT2D eigenvalue weighted by molar-refractivity contribution is 7.90. The first kappa shape index (κ1) is 13.4. The smallest absolute Gasteiger partial charge is 0.271 e. The van der Waals surface area contributed by atoms with Crippen molar-refractivity contribution in [3.63, 3.8) is 0 Å². The van der Waals surface area contributed by atoms with Gasteiger partial charge in [-0.05, 0) is 29.5 Å². The van der Waals surface area contributed by atoms with Crippen LogP contribution < -0.4 is 4.72 Å². The average Bonchev–Trinajstić information content (AvgIpc) is 3.02. The number of hydrogen-bond acceptors (Lipinski definition) is 2. The van der Waals surface area contributed by atoms with E-state index in [1.54, 1.807) is 0 Å². The van der Waals surface area contributed by atoms with Crippen molar-refractivity contribution in [1.82, 2.24) is 4.31 Å². The van der Waals surface area contributed by atoms with Crippen LogP contribution >= 0.6 is 0 Å². The first-order chi connectivity index (χ1) is 8.20. The van der Waals surface area contributed by atoms with Crippen molar-refractivity contribution in [3.05, 3.63) is 29.3 Å². The van der Waals surface area contributed by atoms with Crippen LogP contribution in [0.2, 0.25) is 0 Å². The van der Waals surface area contributed by atoms with Crippen molar-refractivity contribution in [2.75, 3.05) is 17.8 Å². The second-order valence-corrected chi connectivity index (χ2v) is 7.46. The molecule has 1 fully saturated rings. The molecule has 100 valence electrons. The molecule has 1 heterocycles. The lowest BCUT2D eigenvalue weighted by Gasteiger charge is -2.21. The van der Waals surface area contributed by atoms with Gasteiger partial charge in [0.05, 0.1) is 5.69 Å². The maximum absolute atomic E-state index is 11.8. The number of rotatable bonds is 3. The van der Waals surface area contributed by atoms with Crippen LogP contribution in [0.3, 0.4) is 0 Å². The summed E-state index contributed by atoms with van der Waals surface area (Å²) in [5.41, 5.74) is 2.89. The lowest BCUT2D eigenvalue weighted by atomic mass is 9.86. The Labute approximate surface area is 109 Å². The summed E-state index contributed by atoms with van der Waals surface area (Å²) in [6.07, 6.45) is 0. The van der Waals surface area contributed by atoms with Crippen molar-refractivity contribution >= 4 is 15.9 Å². The lowest BCUT2D eigenvalue weighted by molar-refractivity contribution is 0.569. The molecular weight excluding hydrogens is 248 g/mol. The fourth-order valence-electron chi connectivity index (χ4n) is 1.73. The number of benzene rings is 1. The van der Waals surface area contributed by atoms with Crippen LogP contribution in [0.25, 0.3) is 0 Å². The third kappa shape index (κ3) is 2.84. The molecule has 1 saturated heterocycles. The van der Waals surface area contributed by atoms with Crippen molar-refractivity contribution in [2.45, 2.75) is 33.1 Å². The van der Waals surface area contributed by atoms with Crippen LogP contribution in [-0.2, 0) is 15.6 Å². The molecule has 0 radical (unpaired) electrons. The van der Waals surface area contributed by atoms with Gasteiger partial charge >= 0.3 is 10.2 Å². The molecule has 0 amide bonds. The molecule has 0 saturated carbocycles. The Balaban J connectivity index is 2.25. The van der Waals surface area contributed by atoms with Gasteiger partial charge in [-0.25, -0.2) is 0 Å². The van der Waals surface area contributed by atoms with Crippen LogP contribution in [0, 0.1) is 6.92 Å². The van der Waals surface area contributed by atoms with Gasteiger partial charge in [0.1, 0.15) is 0 Å². The van der Waals surface area contributed by atoms with Gasteiger partial charge in [0.2, 0.25) is 0 Å². The van der Waals surface area contributed by atoms with E-state index in [9.17, 15) is 8.42 Å². The molecule has 1 aliphatic rings.